The number of sulfonamides is 1. The zero-order valence-electron chi connectivity index (χ0n) is 19.9. The second-order valence-corrected chi connectivity index (χ2v) is 10.8. The van der Waals surface area contributed by atoms with Crippen LogP contribution in [0.4, 0.5) is 0 Å². The number of carbonyl (C=O) groups is 1. The molecule has 2 aliphatic rings. The third-order valence-electron chi connectivity index (χ3n) is 6.40. The lowest BCUT2D eigenvalue weighted by molar-refractivity contribution is -0.144. The summed E-state index contributed by atoms with van der Waals surface area (Å²) in [7, 11) is -4.15. The Balaban J connectivity index is 1.46. The Bertz CT molecular complexity index is 1160. The first-order valence-electron chi connectivity index (χ1n) is 11.8. The van der Waals surface area contributed by atoms with Crippen molar-refractivity contribution in [3.8, 4) is 5.75 Å². The minimum atomic E-state index is -4.15. The smallest absolute Gasteiger partial charge is 0.321 e. The van der Waals surface area contributed by atoms with Crippen molar-refractivity contribution in [3.05, 3.63) is 59.7 Å². The number of carboxylic acids is 1. The summed E-state index contributed by atoms with van der Waals surface area (Å²) in [6.45, 7) is 5.88. The van der Waals surface area contributed by atoms with Crippen molar-refractivity contribution in [1.82, 2.24) is 9.62 Å². The quantitative estimate of drug-likeness (QED) is 0.542. The van der Waals surface area contributed by atoms with Crippen molar-refractivity contribution in [2.45, 2.75) is 50.3 Å². The Morgan fingerprint density at radius 2 is 1.83 bits per heavy atom. The third-order valence-corrected chi connectivity index (χ3v) is 8.38. The van der Waals surface area contributed by atoms with Crippen LogP contribution in [0.25, 0.3) is 0 Å². The first-order valence-corrected chi connectivity index (χ1v) is 13.2. The molecule has 0 spiro atoms. The van der Waals surface area contributed by atoms with Gasteiger partial charge in [-0.3, -0.25) is 4.79 Å². The van der Waals surface area contributed by atoms with Gasteiger partial charge in [0.15, 0.2) is 0 Å². The van der Waals surface area contributed by atoms with E-state index in [9.17, 15) is 18.3 Å². The Morgan fingerprint density at radius 1 is 1.17 bits per heavy atom. The highest BCUT2D eigenvalue weighted by molar-refractivity contribution is 7.89. The number of aliphatic carboxylic acids is 1. The van der Waals surface area contributed by atoms with Crippen LogP contribution in [-0.2, 0) is 19.7 Å². The lowest BCUT2D eigenvalue weighted by atomic mass is 9.99. The van der Waals surface area contributed by atoms with Crippen LogP contribution >= 0.6 is 0 Å². The first-order chi connectivity index (χ1) is 16.8. The number of hydrogen-bond acceptors (Lipinski definition) is 7. The molecule has 10 heteroatoms. The summed E-state index contributed by atoms with van der Waals surface area (Å²) in [5.41, 5.74) is 2.20. The van der Waals surface area contributed by atoms with Crippen LogP contribution in [0.15, 0.2) is 58.6 Å². The minimum absolute atomic E-state index is 0.00324. The summed E-state index contributed by atoms with van der Waals surface area (Å²) in [4.78, 5) is 17.3. The molecule has 0 bridgehead atoms. The van der Waals surface area contributed by atoms with E-state index < -0.39 is 28.3 Å². The van der Waals surface area contributed by atoms with Crippen molar-refractivity contribution in [1.29, 1.82) is 0 Å². The van der Waals surface area contributed by atoms with Gasteiger partial charge in [0.25, 0.3) is 0 Å². The maximum absolute atomic E-state index is 13.4. The maximum atomic E-state index is 13.4. The fraction of sp³-hybridized carbons (Fsp3) is 0.440. The Labute approximate surface area is 205 Å². The number of benzene rings is 2. The zero-order chi connectivity index (χ0) is 25.0. The number of carboxylic acid groups (broad SMARTS) is 1. The molecule has 9 nitrogen and oxygen atoms in total. The van der Waals surface area contributed by atoms with E-state index in [1.165, 1.54) is 19.1 Å². The normalized spacial score (nSPS) is 19.7. The Morgan fingerprint density at radius 3 is 2.46 bits per heavy atom. The molecule has 2 atom stereocenters. The van der Waals surface area contributed by atoms with Crippen LogP contribution in [0.3, 0.4) is 0 Å². The molecule has 1 fully saturated rings. The standard InChI is InChI=1S/C25H31N3O6S/c1-17-3-9-22(10-4-17)35(31,32)28(18(2)25(29)30)24-15-23(27-34-24)20-5-7-21(8-6-20)33-16-19-11-13-26-14-12-19/h3-10,18-19,24,26H,11-16H2,1-2H3,(H,29,30)/t18-,24+/m0/s1. The van der Waals surface area contributed by atoms with Crippen molar-refractivity contribution in [2.24, 2.45) is 11.1 Å². The van der Waals surface area contributed by atoms with Gasteiger partial charge in [0.2, 0.25) is 16.3 Å². The van der Waals surface area contributed by atoms with E-state index in [2.05, 4.69) is 10.5 Å². The third kappa shape index (κ3) is 5.83. The van der Waals surface area contributed by atoms with Gasteiger partial charge in [-0.2, -0.15) is 0 Å². The number of ether oxygens (including phenoxy) is 1. The summed E-state index contributed by atoms with van der Waals surface area (Å²) in [6.07, 6.45) is 1.26. The van der Waals surface area contributed by atoms with E-state index in [0.29, 0.717) is 18.2 Å². The van der Waals surface area contributed by atoms with E-state index in [4.69, 9.17) is 9.57 Å². The predicted molar refractivity (Wildman–Crippen MR) is 131 cm³/mol. The molecular formula is C25H31N3O6S. The Hall–Kier alpha value is -2.95. The van der Waals surface area contributed by atoms with E-state index in [0.717, 1.165) is 47.1 Å². The summed E-state index contributed by atoms with van der Waals surface area (Å²) < 4.78 is 33.6. The number of piperidine rings is 1. The van der Waals surface area contributed by atoms with E-state index in [1.807, 2.05) is 31.2 Å². The number of rotatable bonds is 9. The van der Waals surface area contributed by atoms with E-state index >= 15 is 0 Å². The van der Waals surface area contributed by atoms with Gasteiger partial charge in [-0.05, 0) is 87.7 Å². The molecule has 2 N–H and O–H groups in total. The largest absolute Gasteiger partial charge is 0.493 e. The predicted octanol–water partition coefficient (Wildman–Crippen LogP) is 2.99. The van der Waals surface area contributed by atoms with Crippen LogP contribution in [0, 0.1) is 12.8 Å². The lowest BCUT2D eigenvalue weighted by Crippen LogP contribution is -2.49. The SMILES string of the molecule is Cc1ccc(S(=O)(=O)N([C@H]2CC(c3ccc(OCC4CCNCC4)cc3)=NO2)[C@@H](C)C(=O)O)cc1. The highest BCUT2D eigenvalue weighted by Gasteiger charge is 2.42. The molecule has 0 amide bonds. The molecule has 0 saturated carbocycles. The first kappa shape index (κ1) is 25.2. The van der Waals surface area contributed by atoms with Crippen molar-refractivity contribution in [3.63, 3.8) is 0 Å². The van der Waals surface area contributed by atoms with E-state index in [-0.39, 0.29) is 11.3 Å². The monoisotopic (exact) mass is 501 g/mol. The average Bonchev–Trinajstić information content (AvgIpc) is 3.33. The van der Waals surface area contributed by atoms with Gasteiger partial charge in [-0.1, -0.05) is 22.9 Å². The summed E-state index contributed by atoms with van der Waals surface area (Å²) >= 11 is 0. The molecule has 2 heterocycles. The molecule has 2 aromatic rings. The van der Waals surface area contributed by atoms with Crippen LogP contribution in [-0.4, -0.2) is 61.5 Å². The van der Waals surface area contributed by atoms with Crippen molar-refractivity contribution in [2.75, 3.05) is 19.7 Å². The van der Waals surface area contributed by atoms with Gasteiger partial charge >= 0.3 is 5.97 Å². The molecule has 1 saturated heterocycles. The van der Waals surface area contributed by atoms with Gasteiger partial charge in [0.1, 0.15) is 11.8 Å². The minimum Gasteiger partial charge on any atom is -0.493 e. The number of nitrogens with zero attached hydrogens (tertiary/aromatic N) is 2. The van der Waals surface area contributed by atoms with Crippen LogP contribution < -0.4 is 10.1 Å². The summed E-state index contributed by atoms with van der Waals surface area (Å²) in [5.74, 6) is 0.0291. The lowest BCUT2D eigenvalue weighted by Gasteiger charge is -2.29. The molecule has 2 aliphatic heterocycles. The topological polar surface area (TPSA) is 118 Å². The second-order valence-electron chi connectivity index (χ2n) is 8.99. The summed E-state index contributed by atoms with van der Waals surface area (Å²) in [5, 5.41) is 17.0. The molecule has 2 aromatic carbocycles. The fourth-order valence-electron chi connectivity index (χ4n) is 4.23. The zero-order valence-corrected chi connectivity index (χ0v) is 20.7. The molecule has 0 radical (unpaired) electrons. The number of hydrogen-bond donors (Lipinski definition) is 2. The number of oxime groups is 1. The molecule has 4 rings (SSSR count). The average molecular weight is 502 g/mol. The van der Waals surface area contributed by atoms with Gasteiger partial charge < -0.3 is 20.0 Å². The second kappa shape index (κ2) is 10.8. The van der Waals surface area contributed by atoms with Crippen LogP contribution in [0.2, 0.25) is 0 Å². The van der Waals surface area contributed by atoms with Gasteiger partial charge in [-0.25, -0.2) is 8.42 Å². The van der Waals surface area contributed by atoms with Crippen molar-refractivity contribution >= 4 is 21.7 Å². The highest BCUT2D eigenvalue weighted by atomic mass is 32.2. The van der Waals surface area contributed by atoms with Gasteiger partial charge in [0.05, 0.1) is 17.2 Å². The van der Waals surface area contributed by atoms with Crippen molar-refractivity contribution < 1.29 is 27.9 Å². The highest BCUT2D eigenvalue weighted by Crippen LogP contribution is 2.29. The van der Waals surface area contributed by atoms with E-state index in [1.54, 1.807) is 12.1 Å². The van der Waals surface area contributed by atoms with Crippen LogP contribution in [0.1, 0.15) is 37.3 Å². The molecule has 35 heavy (non-hydrogen) atoms. The molecule has 0 aliphatic carbocycles. The fourth-order valence-corrected chi connectivity index (χ4v) is 5.88. The number of aryl methyl sites for hydroxylation is 1. The molecule has 0 unspecified atom stereocenters. The number of nitrogens with one attached hydrogen (secondary N) is 1. The van der Waals surface area contributed by atoms with Crippen LogP contribution in [0.5, 0.6) is 5.75 Å². The van der Waals surface area contributed by atoms with Gasteiger partial charge in [0, 0.05) is 6.42 Å². The summed E-state index contributed by atoms with van der Waals surface area (Å²) in [6, 6.07) is 12.3. The molecule has 0 aromatic heterocycles. The maximum Gasteiger partial charge on any atom is 0.321 e. The molecule has 188 valence electrons. The Kier molecular flexibility index (Phi) is 7.73. The molecular weight excluding hydrogens is 470 g/mol. The van der Waals surface area contributed by atoms with Gasteiger partial charge in [-0.15, -0.1) is 4.31 Å².